The van der Waals surface area contributed by atoms with Gasteiger partial charge in [0.15, 0.2) is 6.10 Å². The number of benzene rings is 2. The van der Waals surface area contributed by atoms with Crippen molar-refractivity contribution in [3.63, 3.8) is 0 Å². The number of Topliss-reactive ketones (excluding diaryl/α,β-unsaturated/α-hetero) is 1. The van der Waals surface area contributed by atoms with E-state index in [9.17, 15) is 14.4 Å². The summed E-state index contributed by atoms with van der Waals surface area (Å²) in [6.45, 7) is 1.56. The normalized spacial score (nSPS) is 12.2. The molecule has 1 unspecified atom stereocenters. The van der Waals surface area contributed by atoms with E-state index in [2.05, 4.69) is 9.97 Å². The van der Waals surface area contributed by atoms with E-state index >= 15 is 0 Å². The average molecular weight is 403 g/mol. The summed E-state index contributed by atoms with van der Waals surface area (Å²) in [5.74, 6) is -0.290. The van der Waals surface area contributed by atoms with Crippen molar-refractivity contribution in [2.45, 2.75) is 25.9 Å². The van der Waals surface area contributed by atoms with Crippen molar-refractivity contribution in [1.82, 2.24) is 14.5 Å². The first-order valence-corrected chi connectivity index (χ1v) is 9.70. The van der Waals surface area contributed by atoms with E-state index in [0.29, 0.717) is 22.3 Å². The quantitative estimate of drug-likeness (QED) is 0.394. The van der Waals surface area contributed by atoms with Crippen LogP contribution >= 0.6 is 0 Å². The van der Waals surface area contributed by atoms with Gasteiger partial charge in [-0.2, -0.15) is 0 Å². The van der Waals surface area contributed by atoms with Crippen LogP contribution in [0.2, 0.25) is 0 Å². The summed E-state index contributed by atoms with van der Waals surface area (Å²) in [5.41, 5.74) is 1.77. The summed E-state index contributed by atoms with van der Waals surface area (Å²) in [6.07, 6.45) is 0.977. The molecule has 152 valence electrons. The Kier molecular flexibility index (Phi) is 5.18. The molecule has 0 aliphatic heterocycles. The summed E-state index contributed by atoms with van der Waals surface area (Å²) < 4.78 is 6.79. The Morgan fingerprint density at radius 1 is 1.10 bits per heavy atom. The number of esters is 1. The fourth-order valence-electron chi connectivity index (χ4n) is 3.51. The molecule has 30 heavy (non-hydrogen) atoms. The van der Waals surface area contributed by atoms with Crippen molar-refractivity contribution >= 4 is 33.6 Å². The van der Waals surface area contributed by atoms with Crippen LogP contribution in [0.4, 0.5) is 0 Å². The lowest BCUT2D eigenvalue weighted by molar-refractivity contribution is -0.146. The number of fused-ring (bicyclic) bond motifs is 2. The molecular weight excluding hydrogens is 382 g/mol. The highest BCUT2D eigenvalue weighted by Crippen LogP contribution is 2.20. The molecule has 4 aromatic rings. The van der Waals surface area contributed by atoms with Crippen LogP contribution in [-0.4, -0.2) is 32.4 Å². The maximum atomic E-state index is 12.7. The van der Waals surface area contributed by atoms with E-state index in [-0.39, 0.29) is 24.2 Å². The number of rotatable bonds is 6. The summed E-state index contributed by atoms with van der Waals surface area (Å²) >= 11 is 0. The van der Waals surface area contributed by atoms with Crippen LogP contribution in [-0.2, 0) is 23.0 Å². The van der Waals surface area contributed by atoms with E-state index in [1.54, 1.807) is 38.4 Å². The fourth-order valence-corrected chi connectivity index (χ4v) is 3.51. The highest BCUT2D eigenvalue weighted by molar-refractivity contribution is 6.10. The van der Waals surface area contributed by atoms with Gasteiger partial charge in [-0.25, -0.2) is 4.98 Å². The molecule has 0 bridgehead atoms. The third-order valence-corrected chi connectivity index (χ3v) is 5.16. The first-order chi connectivity index (χ1) is 14.5. The minimum absolute atomic E-state index is 0.0180. The zero-order chi connectivity index (χ0) is 21.3. The van der Waals surface area contributed by atoms with E-state index in [1.165, 1.54) is 4.57 Å². The van der Waals surface area contributed by atoms with Gasteiger partial charge in [0.2, 0.25) is 5.78 Å². The van der Waals surface area contributed by atoms with Crippen LogP contribution in [0, 0.1) is 0 Å². The van der Waals surface area contributed by atoms with Crippen LogP contribution in [0.25, 0.3) is 21.8 Å². The van der Waals surface area contributed by atoms with Gasteiger partial charge in [-0.1, -0.05) is 30.3 Å². The lowest BCUT2D eigenvalue weighted by atomic mass is 10.1. The highest BCUT2D eigenvalue weighted by atomic mass is 16.5. The number of aromatic nitrogens is 3. The first-order valence-electron chi connectivity index (χ1n) is 9.70. The van der Waals surface area contributed by atoms with Crippen molar-refractivity contribution in [2.24, 2.45) is 7.05 Å². The van der Waals surface area contributed by atoms with Crippen molar-refractivity contribution in [3.05, 3.63) is 76.5 Å². The molecule has 1 atom stereocenters. The molecule has 7 heteroatoms. The van der Waals surface area contributed by atoms with Gasteiger partial charge in [0.05, 0.1) is 17.3 Å². The Morgan fingerprint density at radius 2 is 1.80 bits per heavy atom. The van der Waals surface area contributed by atoms with Gasteiger partial charge in [-0.15, -0.1) is 0 Å². The van der Waals surface area contributed by atoms with Gasteiger partial charge in [-0.3, -0.25) is 19.0 Å². The Labute approximate surface area is 172 Å². The molecule has 0 aliphatic rings. The van der Waals surface area contributed by atoms with Crippen LogP contribution in [0.3, 0.4) is 0 Å². The van der Waals surface area contributed by atoms with Gasteiger partial charge in [0.1, 0.15) is 5.82 Å². The number of ketones is 1. The number of nitrogens with one attached hydrogen (secondary N) is 1. The average Bonchev–Trinajstić information content (AvgIpc) is 3.19. The largest absolute Gasteiger partial charge is 0.454 e. The third-order valence-electron chi connectivity index (χ3n) is 5.16. The molecule has 0 fully saturated rings. The maximum absolute atomic E-state index is 12.7. The molecular formula is C23H21N3O4. The number of hydrogen-bond donors (Lipinski definition) is 1. The van der Waals surface area contributed by atoms with E-state index < -0.39 is 12.1 Å². The van der Waals surface area contributed by atoms with Crippen LogP contribution in [0.15, 0.2) is 59.5 Å². The lowest BCUT2D eigenvalue weighted by Gasteiger charge is -2.13. The van der Waals surface area contributed by atoms with Crippen molar-refractivity contribution < 1.29 is 14.3 Å². The molecule has 4 rings (SSSR count). The molecule has 0 aliphatic carbocycles. The molecule has 1 N–H and O–H groups in total. The standard InChI is InChI=1S/C23H21N3O4/c1-14(22(28)17-13-24-18-9-5-3-7-15(17)18)30-21(27)12-11-20-25-19-10-6-4-8-16(19)23(29)26(20)2/h3-10,13-14,24H,11-12H2,1-2H3. The topological polar surface area (TPSA) is 94.0 Å². The monoisotopic (exact) mass is 403 g/mol. The maximum Gasteiger partial charge on any atom is 0.306 e. The molecule has 0 amide bonds. The number of aryl methyl sites for hydroxylation is 1. The van der Waals surface area contributed by atoms with Crippen molar-refractivity contribution in [3.8, 4) is 0 Å². The van der Waals surface area contributed by atoms with E-state index in [1.807, 2.05) is 30.3 Å². The fraction of sp³-hybridized carbons (Fsp3) is 0.217. The number of carbonyl (C=O) groups is 2. The van der Waals surface area contributed by atoms with Gasteiger partial charge >= 0.3 is 5.97 Å². The number of hydrogen-bond acceptors (Lipinski definition) is 5. The summed E-state index contributed by atoms with van der Waals surface area (Å²) in [6, 6.07) is 14.5. The second kappa shape index (κ2) is 7.94. The minimum Gasteiger partial charge on any atom is -0.454 e. The Balaban J connectivity index is 1.44. The molecule has 2 aromatic heterocycles. The van der Waals surface area contributed by atoms with Crippen LogP contribution in [0.1, 0.15) is 29.5 Å². The molecule has 0 saturated heterocycles. The zero-order valence-electron chi connectivity index (χ0n) is 16.7. The summed E-state index contributed by atoms with van der Waals surface area (Å²) in [4.78, 5) is 45.0. The second-order valence-corrected chi connectivity index (χ2v) is 7.15. The number of carbonyl (C=O) groups excluding carboxylic acids is 2. The summed E-state index contributed by atoms with van der Waals surface area (Å²) in [7, 11) is 1.63. The second-order valence-electron chi connectivity index (χ2n) is 7.15. The lowest BCUT2D eigenvalue weighted by Crippen LogP contribution is -2.26. The predicted octanol–water partition coefficient (Wildman–Crippen LogP) is 3.16. The van der Waals surface area contributed by atoms with Gasteiger partial charge < -0.3 is 9.72 Å². The molecule has 0 saturated carbocycles. The Hall–Kier alpha value is -3.74. The van der Waals surface area contributed by atoms with Gasteiger partial charge in [-0.05, 0) is 25.1 Å². The minimum atomic E-state index is -0.912. The molecule has 0 spiro atoms. The Morgan fingerprint density at radius 3 is 2.60 bits per heavy atom. The van der Waals surface area contributed by atoms with Crippen LogP contribution < -0.4 is 5.56 Å². The van der Waals surface area contributed by atoms with Gasteiger partial charge in [0.25, 0.3) is 5.56 Å². The van der Waals surface area contributed by atoms with Crippen LogP contribution in [0.5, 0.6) is 0 Å². The molecule has 2 aromatic carbocycles. The van der Waals surface area contributed by atoms with Crippen molar-refractivity contribution in [2.75, 3.05) is 0 Å². The SMILES string of the molecule is CC(OC(=O)CCc1nc2ccccc2c(=O)n1C)C(=O)c1c[nH]c2ccccc12. The molecule has 2 heterocycles. The zero-order valence-corrected chi connectivity index (χ0v) is 16.7. The first kappa shape index (κ1) is 19.6. The Bertz CT molecular complexity index is 1320. The van der Waals surface area contributed by atoms with Crippen molar-refractivity contribution in [1.29, 1.82) is 0 Å². The van der Waals surface area contributed by atoms with E-state index in [0.717, 1.165) is 10.9 Å². The number of nitrogens with zero attached hydrogens (tertiary/aromatic N) is 2. The number of H-pyrrole nitrogens is 1. The predicted molar refractivity (Wildman–Crippen MR) is 113 cm³/mol. The summed E-state index contributed by atoms with van der Waals surface area (Å²) in [5, 5.41) is 1.32. The molecule has 0 radical (unpaired) electrons. The van der Waals surface area contributed by atoms with Gasteiger partial charge in [0, 0.05) is 36.1 Å². The number of ether oxygens (including phenoxy) is 1. The number of para-hydroxylation sites is 2. The smallest absolute Gasteiger partial charge is 0.306 e. The third kappa shape index (κ3) is 3.61. The highest BCUT2D eigenvalue weighted by Gasteiger charge is 2.22. The molecule has 7 nitrogen and oxygen atoms in total. The number of aromatic amines is 1. The van der Waals surface area contributed by atoms with E-state index in [4.69, 9.17) is 4.74 Å².